The molecule has 0 bridgehead atoms. The molecule has 1 aromatic rings. The van der Waals surface area contributed by atoms with Crippen molar-refractivity contribution in [1.82, 2.24) is 10.2 Å². The van der Waals surface area contributed by atoms with Gasteiger partial charge >= 0.3 is 0 Å². The minimum absolute atomic E-state index is 0.149. The van der Waals surface area contributed by atoms with Gasteiger partial charge in [0, 0.05) is 11.4 Å². The fourth-order valence-corrected chi connectivity index (χ4v) is 3.05. The summed E-state index contributed by atoms with van der Waals surface area (Å²) in [5.74, 6) is 0.149. The zero-order valence-corrected chi connectivity index (χ0v) is 11.7. The van der Waals surface area contributed by atoms with E-state index < -0.39 is 0 Å². The minimum atomic E-state index is 0.149. The maximum Gasteiger partial charge on any atom is 0.225 e. The van der Waals surface area contributed by atoms with Crippen LogP contribution < -0.4 is 5.32 Å². The summed E-state index contributed by atoms with van der Waals surface area (Å²) in [4.78, 5) is 15.3. The molecule has 0 unspecified atom stereocenters. The van der Waals surface area contributed by atoms with E-state index in [1.807, 2.05) is 17.5 Å². The number of hydrogen-bond donors (Lipinski definition) is 1. The van der Waals surface area contributed by atoms with Crippen molar-refractivity contribution in [3.05, 3.63) is 22.4 Å². The smallest absolute Gasteiger partial charge is 0.225 e. The number of nitrogens with zero attached hydrogens (tertiary/aromatic N) is 1. The third-order valence-corrected chi connectivity index (χ3v) is 4.21. The van der Waals surface area contributed by atoms with E-state index in [9.17, 15) is 4.79 Å². The second kappa shape index (κ2) is 7.54. The quantitative estimate of drug-likeness (QED) is 0.801. The van der Waals surface area contributed by atoms with Gasteiger partial charge in [0.05, 0.1) is 6.42 Å². The lowest BCUT2D eigenvalue weighted by Gasteiger charge is -2.26. The maximum atomic E-state index is 11.6. The average molecular weight is 266 g/mol. The monoisotopic (exact) mass is 266 g/mol. The highest BCUT2D eigenvalue weighted by Gasteiger charge is 2.09. The number of likely N-dealkylation sites (tertiary alicyclic amines) is 1. The van der Waals surface area contributed by atoms with Crippen LogP contribution in [0, 0.1) is 0 Å². The fourth-order valence-electron chi connectivity index (χ4n) is 2.35. The summed E-state index contributed by atoms with van der Waals surface area (Å²) in [7, 11) is 0. The normalized spacial score (nSPS) is 16.7. The number of nitrogens with one attached hydrogen (secondary N) is 1. The summed E-state index contributed by atoms with van der Waals surface area (Å²) in [5.41, 5.74) is 0. The lowest BCUT2D eigenvalue weighted by atomic mass is 10.1. The van der Waals surface area contributed by atoms with Gasteiger partial charge in [-0.25, -0.2) is 0 Å². The van der Waals surface area contributed by atoms with Gasteiger partial charge in [0.25, 0.3) is 0 Å². The number of rotatable bonds is 6. The largest absolute Gasteiger partial charge is 0.356 e. The van der Waals surface area contributed by atoms with Crippen molar-refractivity contribution in [2.45, 2.75) is 32.1 Å². The zero-order chi connectivity index (χ0) is 12.6. The number of hydrogen-bond acceptors (Lipinski definition) is 3. The minimum Gasteiger partial charge on any atom is -0.356 e. The third kappa shape index (κ3) is 4.78. The molecule has 3 nitrogen and oxygen atoms in total. The SMILES string of the molecule is O=C(Cc1cccs1)NCCCN1CCCCC1. The van der Waals surface area contributed by atoms with Gasteiger partial charge in [-0.15, -0.1) is 11.3 Å². The molecule has 1 aliphatic rings. The molecule has 4 heteroatoms. The molecule has 1 saturated heterocycles. The molecule has 0 aromatic carbocycles. The first kappa shape index (κ1) is 13.6. The molecule has 2 heterocycles. The van der Waals surface area contributed by atoms with Crippen molar-refractivity contribution in [2.24, 2.45) is 0 Å². The Kier molecular flexibility index (Phi) is 5.68. The van der Waals surface area contributed by atoms with Crippen LogP contribution in [0.2, 0.25) is 0 Å². The summed E-state index contributed by atoms with van der Waals surface area (Å²) in [5, 5.41) is 5.01. The Morgan fingerprint density at radius 2 is 2.17 bits per heavy atom. The maximum absolute atomic E-state index is 11.6. The Hall–Kier alpha value is -0.870. The molecule has 0 spiro atoms. The second-order valence-corrected chi connectivity index (χ2v) is 5.89. The lowest BCUT2D eigenvalue weighted by molar-refractivity contribution is -0.120. The van der Waals surface area contributed by atoms with Crippen LogP contribution in [0.1, 0.15) is 30.6 Å². The van der Waals surface area contributed by atoms with Gasteiger partial charge in [0.2, 0.25) is 5.91 Å². The van der Waals surface area contributed by atoms with Gasteiger partial charge < -0.3 is 10.2 Å². The highest BCUT2D eigenvalue weighted by atomic mass is 32.1. The first-order valence-electron chi connectivity index (χ1n) is 6.86. The van der Waals surface area contributed by atoms with E-state index in [4.69, 9.17) is 0 Å². The van der Waals surface area contributed by atoms with Crippen LogP contribution in [0.25, 0.3) is 0 Å². The van der Waals surface area contributed by atoms with E-state index in [0.717, 1.165) is 24.4 Å². The number of carbonyl (C=O) groups is 1. The zero-order valence-electron chi connectivity index (χ0n) is 10.9. The van der Waals surface area contributed by atoms with Crippen LogP contribution in [0.4, 0.5) is 0 Å². The fraction of sp³-hybridized carbons (Fsp3) is 0.643. The molecule has 0 saturated carbocycles. The van der Waals surface area contributed by atoms with Crippen LogP contribution in [0.5, 0.6) is 0 Å². The van der Waals surface area contributed by atoms with Gasteiger partial charge in [0.15, 0.2) is 0 Å². The van der Waals surface area contributed by atoms with Gasteiger partial charge in [0.1, 0.15) is 0 Å². The molecule has 1 N–H and O–H groups in total. The topological polar surface area (TPSA) is 32.3 Å². The molecular weight excluding hydrogens is 244 g/mol. The summed E-state index contributed by atoms with van der Waals surface area (Å²) in [6, 6.07) is 4.00. The van der Waals surface area contributed by atoms with E-state index in [1.165, 1.54) is 32.4 Å². The summed E-state index contributed by atoms with van der Waals surface area (Å²) >= 11 is 1.64. The molecule has 100 valence electrons. The lowest BCUT2D eigenvalue weighted by Crippen LogP contribution is -2.33. The summed E-state index contributed by atoms with van der Waals surface area (Å²) in [6.45, 7) is 4.41. The molecule has 0 aliphatic carbocycles. The number of piperidine rings is 1. The van der Waals surface area contributed by atoms with Gasteiger partial charge in [-0.3, -0.25) is 4.79 Å². The first-order chi connectivity index (χ1) is 8.84. The molecule has 1 fully saturated rings. The number of amides is 1. The van der Waals surface area contributed by atoms with Crippen molar-refractivity contribution < 1.29 is 4.79 Å². The molecule has 18 heavy (non-hydrogen) atoms. The molecular formula is C14H22N2OS. The van der Waals surface area contributed by atoms with Crippen LogP contribution in [-0.4, -0.2) is 37.0 Å². The van der Waals surface area contributed by atoms with E-state index >= 15 is 0 Å². The Labute approximate surface area is 113 Å². The van der Waals surface area contributed by atoms with Crippen molar-refractivity contribution in [3.63, 3.8) is 0 Å². The molecule has 1 aromatic heterocycles. The second-order valence-electron chi connectivity index (χ2n) is 4.86. The highest BCUT2D eigenvalue weighted by molar-refractivity contribution is 7.10. The van der Waals surface area contributed by atoms with Crippen molar-refractivity contribution in [1.29, 1.82) is 0 Å². The number of carbonyl (C=O) groups excluding carboxylic acids is 1. The van der Waals surface area contributed by atoms with E-state index in [0.29, 0.717) is 6.42 Å². The third-order valence-electron chi connectivity index (χ3n) is 3.34. The van der Waals surface area contributed by atoms with Crippen LogP contribution in [-0.2, 0) is 11.2 Å². The molecule has 0 radical (unpaired) electrons. The predicted octanol–water partition coefficient (Wildman–Crippen LogP) is 2.28. The van der Waals surface area contributed by atoms with Gasteiger partial charge in [-0.2, -0.15) is 0 Å². The van der Waals surface area contributed by atoms with Crippen LogP contribution >= 0.6 is 11.3 Å². The Morgan fingerprint density at radius 1 is 1.33 bits per heavy atom. The van der Waals surface area contributed by atoms with Crippen LogP contribution in [0.3, 0.4) is 0 Å². The molecule has 0 atom stereocenters. The van der Waals surface area contributed by atoms with Gasteiger partial charge in [-0.1, -0.05) is 12.5 Å². The standard InChI is InChI=1S/C14H22N2OS/c17-14(12-13-6-4-11-18-13)15-7-5-10-16-8-2-1-3-9-16/h4,6,11H,1-3,5,7-10,12H2,(H,15,17). The summed E-state index contributed by atoms with van der Waals surface area (Å²) < 4.78 is 0. The van der Waals surface area contributed by atoms with E-state index in [-0.39, 0.29) is 5.91 Å². The van der Waals surface area contributed by atoms with Crippen molar-refractivity contribution in [3.8, 4) is 0 Å². The van der Waals surface area contributed by atoms with Gasteiger partial charge in [-0.05, 0) is 50.3 Å². The van der Waals surface area contributed by atoms with Crippen LogP contribution in [0.15, 0.2) is 17.5 Å². The Bertz CT molecular complexity index is 345. The first-order valence-corrected chi connectivity index (χ1v) is 7.74. The van der Waals surface area contributed by atoms with E-state index in [1.54, 1.807) is 11.3 Å². The Morgan fingerprint density at radius 3 is 2.89 bits per heavy atom. The van der Waals surface area contributed by atoms with Crippen molar-refractivity contribution in [2.75, 3.05) is 26.2 Å². The Balaban J connectivity index is 1.53. The highest BCUT2D eigenvalue weighted by Crippen LogP contribution is 2.09. The number of thiophene rings is 1. The van der Waals surface area contributed by atoms with Crippen molar-refractivity contribution >= 4 is 17.2 Å². The predicted molar refractivity (Wildman–Crippen MR) is 75.9 cm³/mol. The molecule has 2 rings (SSSR count). The molecule has 1 aliphatic heterocycles. The summed E-state index contributed by atoms with van der Waals surface area (Å²) in [6.07, 6.45) is 5.65. The molecule has 1 amide bonds. The average Bonchev–Trinajstić information content (AvgIpc) is 2.89. The van der Waals surface area contributed by atoms with E-state index in [2.05, 4.69) is 10.2 Å².